The highest BCUT2D eigenvalue weighted by molar-refractivity contribution is 6.08. The van der Waals surface area contributed by atoms with Crippen molar-refractivity contribution in [2.45, 2.75) is 18.9 Å². The van der Waals surface area contributed by atoms with Crippen LogP contribution in [0.2, 0.25) is 0 Å². The molecule has 6 N–H and O–H groups in total. The lowest BCUT2D eigenvalue weighted by atomic mass is 10.1. The summed E-state index contributed by atoms with van der Waals surface area (Å²) in [6.45, 7) is 2.04. The summed E-state index contributed by atoms with van der Waals surface area (Å²) in [7, 11) is 1.51. The maximum absolute atomic E-state index is 13.1. The van der Waals surface area contributed by atoms with E-state index in [1.165, 1.54) is 19.5 Å². The number of H-pyrrole nitrogens is 1. The topological polar surface area (TPSA) is 183 Å². The molecule has 2 aromatic carbocycles. The van der Waals surface area contributed by atoms with Gasteiger partial charge < -0.3 is 26.1 Å². The van der Waals surface area contributed by atoms with Gasteiger partial charge in [0.25, 0.3) is 11.6 Å². The predicted molar refractivity (Wildman–Crippen MR) is 145 cm³/mol. The molecule has 0 bridgehead atoms. The first kappa shape index (κ1) is 24.3. The van der Waals surface area contributed by atoms with Crippen molar-refractivity contribution in [3.05, 3.63) is 64.6 Å². The number of nitrogens with one attached hydrogen (secondary N) is 2. The molecule has 198 valence electrons. The van der Waals surface area contributed by atoms with Crippen molar-refractivity contribution >= 4 is 45.0 Å². The molecule has 0 atom stereocenters. The van der Waals surface area contributed by atoms with E-state index in [4.69, 9.17) is 15.6 Å². The Kier molecular flexibility index (Phi) is 6.04. The molecule has 13 nitrogen and oxygen atoms in total. The number of piperidine rings is 1. The van der Waals surface area contributed by atoms with E-state index in [9.17, 15) is 14.9 Å². The molecule has 1 aliphatic heterocycles. The number of hydrogen-bond acceptors (Lipinski definition) is 8. The number of para-hydroxylation sites is 1. The van der Waals surface area contributed by atoms with Gasteiger partial charge >= 0.3 is 0 Å². The number of nitrogen functional groups attached to an aromatic ring is 1. The fourth-order valence-corrected chi connectivity index (χ4v) is 5.15. The highest BCUT2D eigenvalue weighted by Gasteiger charge is 2.25. The Labute approximate surface area is 221 Å². The van der Waals surface area contributed by atoms with Crippen molar-refractivity contribution in [1.29, 1.82) is 0 Å². The number of nitro benzene ring substituents is 1. The van der Waals surface area contributed by atoms with Crippen LogP contribution in [0.5, 0.6) is 5.75 Å². The quantitative estimate of drug-likeness (QED) is 0.191. The molecule has 0 unspecified atom stereocenters. The van der Waals surface area contributed by atoms with Gasteiger partial charge in [0, 0.05) is 29.9 Å². The number of amides is 1. The van der Waals surface area contributed by atoms with E-state index in [1.807, 2.05) is 10.7 Å². The number of aromatic nitrogens is 5. The van der Waals surface area contributed by atoms with Crippen molar-refractivity contribution < 1.29 is 19.8 Å². The third-order valence-corrected chi connectivity index (χ3v) is 7.07. The average Bonchev–Trinajstić information content (AvgIpc) is 3.57. The van der Waals surface area contributed by atoms with Crippen LogP contribution in [0.15, 0.2) is 48.8 Å². The van der Waals surface area contributed by atoms with E-state index in [2.05, 4.69) is 25.6 Å². The number of carbonyl (C=O) groups excluding carboxylic acids is 1. The van der Waals surface area contributed by atoms with Crippen LogP contribution in [-0.4, -0.2) is 55.8 Å². The average molecular weight is 529 g/mol. The highest BCUT2D eigenvalue weighted by Crippen LogP contribution is 2.37. The first-order valence-corrected chi connectivity index (χ1v) is 12.5. The predicted octanol–water partition coefficient (Wildman–Crippen LogP) is 2.62. The van der Waals surface area contributed by atoms with Crippen LogP contribution in [0.4, 0.5) is 17.2 Å². The zero-order valence-corrected chi connectivity index (χ0v) is 21.0. The van der Waals surface area contributed by atoms with Crippen LogP contribution in [-0.2, 0) is 0 Å². The number of ether oxygens (including phenoxy) is 1. The van der Waals surface area contributed by atoms with E-state index in [0.717, 1.165) is 31.5 Å². The van der Waals surface area contributed by atoms with Gasteiger partial charge in [-0.1, -0.05) is 18.2 Å². The fraction of sp³-hybridized carbons (Fsp3) is 0.231. The minimum Gasteiger partial charge on any atom is -0.495 e. The van der Waals surface area contributed by atoms with Crippen molar-refractivity contribution in [2.24, 2.45) is 0 Å². The van der Waals surface area contributed by atoms with Gasteiger partial charge in [0.1, 0.15) is 34.8 Å². The van der Waals surface area contributed by atoms with E-state index < -0.39 is 10.8 Å². The maximum atomic E-state index is 13.1. The first-order valence-electron chi connectivity index (χ1n) is 12.5. The molecule has 4 heterocycles. The molecular weight excluding hydrogens is 502 g/mol. The number of nitrogens with two attached hydrogens (primary N) is 2. The van der Waals surface area contributed by atoms with E-state index in [1.54, 1.807) is 30.3 Å². The number of fused-ring (bicyclic) bond motifs is 2. The van der Waals surface area contributed by atoms with Crippen LogP contribution in [0.3, 0.4) is 0 Å². The number of anilines is 2. The number of non-ortho nitro benzene ring substituents is 1. The summed E-state index contributed by atoms with van der Waals surface area (Å²) < 4.78 is 7.56. The summed E-state index contributed by atoms with van der Waals surface area (Å²) in [6, 6.07) is 11.8. The molecule has 0 spiro atoms. The largest absolute Gasteiger partial charge is 0.495 e. The van der Waals surface area contributed by atoms with E-state index in [0.29, 0.717) is 39.4 Å². The van der Waals surface area contributed by atoms with Crippen LogP contribution in [0.25, 0.3) is 33.2 Å². The molecule has 0 radical (unpaired) electrons. The summed E-state index contributed by atoms with van der Waals surface area (Å²) in [6.07, 6.45) is 3.41. The van der Waals surface area contributed by atoms with Crippen molar-refractivity contribution in [1.82, 2.24) is 24.7 Å². The van der Waals surface area contributed by atoms with Crippen LogP contribution < -0.4 is 21.1 Å². The Bertz CT molecular complexity index is 1740. The maximum Gasteiger partial charge on any atom is 0.293 e. The summed E-state index contributed by atoms with van der Waals surface area (Å²) in [5, 5.41) is 22.6. The second kappa shape index (κ2) is 9.68. The number of hydrogen-bond donors (Lipinski definition) is 4. The lowest BCUT2D eigenvalue weighted by Gasteiger charge is -2.21. The Morgan fingerprint density at radius 1 is 1.23 bits per heavy atom. The monoisotopic (exact) mass is 528 g/mol. The smallest absolute Gasteiger partial charge is 0.293 e. The van der Waals surface area contributed by atoms with E-state index in [-0.39, 0.29) is 22.9 Å². The third-order valence-electron chi connectivity index (χ3n) is 7.07. The van der Waals surface area contributed by atoms with Crippen LogP contribution in [0, 0.1) is 10.1 Å². The van der Waals surface area contributed by atoms with Crippen molar-refractivity contribution in [3.8, 4) is 17.0 Å². The zero-order valence-electron chi connectivity index (χ0n) is 21.0. The molecule has 5 aromatic rings. The molecule has 1 aliphatic rings. The second-order valence-electron chi connectivity index (χ2n) is 9.40. The lowest BCUT2D eigenvalue weighted by Crippen LogP contribution is -2.86. The van der Waals surface area contributed by atoms with Gasteiger partial charge in [-0.2, -0.15) is 5.10 Å². The molecule has 1 fully saturated rings. The molecule has 1 saturated heterocycles. The number of aromatic amines is 1. The molecule has 6 rings (SSSR count). The minimum absolute atomic E-state index is 0.102. The van der Waals surface area contributed by atoms with Gasteiger partial charge in [-0.15, -0.1) is 0 Å². The van der Waals surface area contributed by atoms with Gasteiger partial charge in [0.15, 0.2) is 5.65 Å². The molecule has 0 saturated carbocycles. The number of rotatable bonds is 6. The Hall–Kier alpha value is -5.04. The summed E-state index contributed by atoms with van der Waals surface area (Å²) in [4.78, 5) is 35.5. The zero-order chi connectivity index (χ0) is 27.1. The summed E-state index contributed by atoms with van der Waals surface area (Å²) in [5.74, 6) is 0.286. The molecule has 13 heteroatoms. The van der Waals surface area contributed by atoms with Crippen molar-refractivity contribution in [2.75, 3.05) is 31.2 Å². The Balaban J connectivity index is 1.35. The standard InChI is InChI=1S/C26H25N9O4/c1-39-20-12-15(23-21-24(27)29-13-30-25(21)34(33-23)16-7-9-28-10-8-16)5-6-17(20)32-26(36)18-11-14-3-2-4-19(35(37)38)22(14)31-18/h2-6,11-13,16,28,31H,7-10H2,1H3,(H,32,36)(H2,27,29,30)/p+1. The Morgan fingerprint density at radius 3 is 2.82 bits per heavy atom. The Morgan fingerprint density at radius 2 is 2.05 bits per heavy atom. The van der Waals surface area contributed by atoms with E-state index >= 15 is 0 Å². The minimum atomic E-state index is -0.488. The summed E-state index contributed by atoms with van der Waals surface area (Å²) in [5.41, 5.74) is 9.14. The van der Waals surface area contributed by atoms with Gasteiger partial charge in [0.2, 0.25) is 0 Å². The fourth-order valence-electron chi connectivity index (χ4n) is 5.15. The van der Waals surface area contributed by atoms with Gasteiger partial charge in [-0.3, -0.25) is 14.9 Å². The van der Waals surface area contributed by atoms with Crippen LogP contribution in [0.1, 0.15) is 29.4 Å². The molecule has 3 aromatic heterocycles. The van der Waals surface area contributed by atoms with Crippen LogP contribution >= 0.6 is 0 Å². The molecule has 1 amide bonds. The first-order chi connectivity index (χ1) is 18.9. The molecular formula is C26H26N9O4+. The number of nitro groups is 1. The number of methoxy groups -OCH3 is 1. The normalized spacial score (nSPS) is 14.1. The summed E-state index contributed by atoms with van der Waals surface area (Å²) >= 11 is 0. The number of carbonyl (C=O) groups is 1. The third kappa shape index (κ3) is 4.28. The molecule has 39 heavy (non-hydrogen) atoms. The van der Waals surface area contributed by atoms with Gasteiger partial charge in [-0.05, 0) is 18.2 Å². The SMILES string of the molecule is COc1cc(-c2nn(C3CC[NH2+]CC3)c3ncnc(N)c23)ccc1NC(=O)c1cc2cccc([N+](=O)[O-])c2[nH]1. The lowest BCUT2D eigenvalue weighted by molar-refractivity contribution is -0.664. The van der Waals surface area contributed by atoms with Crippen molar-refractivity contribution in [3.63, 3.8) is 0 Å². The van der Waals surface area contributed by atoms with Gasteiger partial charge in [-0.25, -0.2) is 14.6 Å². The second-order valence-corrected chi connectivity index (χ2v) is 9.40. The molecule has 0 aliphatic carbocycles. The number of benzene rings is 2. The number of nitrogens with zero attached hydrogens (tertiary/aromatic N) is 5. The number of quaternary nitrogens is 1. The van der Waals surface area contributed by atoms with Gasteiger partial charge in [0.05, 0.1) is 42.2 Å². The highest BCUT2D eigenvalue weighted by atomic mass is 16.6.